The van der Waals surface area contributed by atoms with E-state index in [9.17, 15) is 9.18 Å². The summed E-state index contributed by atoms with van der Waals surface area (Å²) in [6.07, 6.45) is 5.45. The van der Waals surface area contributed by atoms with Crippen LogP contribution in [-0.2, 0) is 4.79 Å². The van der Waals surface area contributed by atoms with Gasteiger partial charge in [0.05, 0.1) is 6.20 Å². The normalized spacial score (nSPS) is 13.7. The largest absolute Gasteiger partial charge is 0.309 e. The zero-order valence-electron chi connectivity index (χ0n) is 16.6. The van der Waals surface area contributed by atoms with Crippen LogP contribution < -0.4 is 5.32 Å². The number of imidazole rings is 1. The van der Waals surface area contributed by atoms with Crippen molar-refractivity contribution in [3.8, 4) is 11.1 Å². The van der Waals surface area contributed by atoms with Crippen LogP contribution in [0.15, 0.2) is 71.1 Å². The Kier molecular flexibility index (Phi) is 4.39. The van der Waals surface area contributed by atoms with Gasteiger partial charge in [-0.05, 0) is 72.1 Å². The predicted molar refractivity (Wildman–Crippen MR) is 117 cm³/mol. The van der Waals surface area contributed by atoms with Gasteiger partial charge in [-0.25, -0.2) is 13.9 Å². The molecule has 4 aromatic heterocycles. The van der Waals surface area contributed by atoms with Gasteiger partial charge in [0.2, 0.25) is 11.1 Å². The number of hydrogen-bond donors (Lipinski definition) is 1. The predicted octanol–water partition coefficient (Wildman–Crippen LogP) is 4.08. The van der Waals surface area contributed by atoms with Crippen LogP contribution in [0.5, 0.6) is 0 Å². The highest BCUT2D eigenvalue weighted by molar-refractivity contribution is 7.99. The average Bonchev–Trinajstić information content (AvgIpc) is 3.47. The summed E-state index contributed by atoms with van der Waals surface area (Å²) in [4.78, 5) is 16.4. The van der Waals surface area contributed by atoms with Crippen LogP contribution in [0.1, 0.15) is 12.8 Å². The van der Waals surface area contributed by atoms with Gasteiger partial charge in [0.1, 0.15) is 10.8 Å². The Hall–Kier alpha value is -3.79. The van der Waals surface area contributed by atoms with E-state index < -0.39 is 0 Å². The van der Waals surface area contributed by atoms with Crippen LogP contribution in [0.25, 0.3) is 22.4 Å². The molecule has 4 heterocycles. The molecule has 1 aliphatic rings. The van der Waals surface area contributed by atoms with Crippen molar-refractivity contribution in [2.24, 2.45) is 5.92 Å². The number of benzene rings is 1. The highest BCUT2D eigenvalue weighted by Crippen LogP contribution is 2.30. The molecule has 0 spiro atoms. The fourth-order valence-corrected chi connectivity index (χ4v) is 4.20. The van der Waals surface area contributed by atoms with E-state index >= 15 is 0 Å². The van der Waals surface area contributed by atoms with E-state index in [0.29, 0.717) is 27.3 Å². The molecule has 0 radical (unpaired) electrons. The summed E-state index contributed by atoms with van der Waals surface area (Å²) in [5.74, 6) is 0.320. The number of carbonyl (C=O) groups is 1. The Bertz CT molecular complexity index is 1490. The van der Waals surface area contributed by atoms with Crippen molar-refractivity contribution in [1.29, 1.82) is 0 Å². The summed E-state index contributed by atoms with van der Waals surface area (Å²) in [5, 5.41) is 17.2. The zero-order valence-corrected chi connectivity index (χ0v) is 17.5. The van der Waals surface area contributed by atoms with E-state index in [-0.39, 0.29) is 17.6 Å². The second-order valence-electron chi connectivity index (χ2n) is 7.60. The molecule has 1 aliphatic carbocycles. The fraction of sp³-hybridized carbons (Fsp3) is 0.136. The number of pyridine rings is 1. The standard InChI is InChI=1S/C22H16FN7OS/c23-16-3-1-2-14(10-16)15-6-7-19-26-27-22(29(19)11-15)32-20-9-8-18-24-17(12-30(18)28-20)25-21(31)13-4-5-13/h1-3,6-13H,4-5H2,(H,25,31). The third-order valence-corrected chi connectivity index (χ3v) is 6.11. The molecule has 0 aliphatic heterocycles. The van der Waals surface area contributed by atoms with Crippen molar-refractivity contribution in [2.45, 2.75) is 23.0 Å². The second kappa shape index (κ2) is 7.41. The molecule has 6 rings (SSSR count). The number of aromatic nitrogens is 6. The minimum atomic E-state index is -0.286. The van der Waals surface area contributed by atoms with Crippen molar-refractivity contribution in [1.82, 2.24) is 29.2 Å². The molecule has 0 unspecified atom stereocenters. The molecule has 1 aromatic carbocycles. The van der Waals surface area contributed by atoms with Gasteiger partial charge in [-0.3, -0.25) is 9.20 Å². The summed E-state index contributed by atoms with van der Waals surface area (Å²) < 4.78 is 17.1. The molecule has 1 amide bonds. The van der Waals surface area contributed by atoms with Crippen LogP contribution >= 0.6 is 11.8 Å². The molecule has 1 fully saturated rings. The Morgan fingerprint density at radius 1 is 1.03 bits per heavy atom. The number of nitrogens with zero attached hydrogens (tertiary/aromatic N) is 6. The maximum atomic E-state index is 13.6. The summed E-state index contributed by atoms with van der Waals surface area (Å²) in [5.41, 5.74) is 2.95. The first-order chi connectivity index (χ1) is 15.6. The van der Waals surface area contributed by atoms with E-state index in [1.807, 2.05) is 40.9 Å². The summed E-state index contributed by atoms with van der Waals surface area (Å²) >= 11 is 1.35. The third kappa shape index (κ3) is 3.58. The average molecular weight is 445 g/mol. The number of rotatable bonds is 5. The van der Waals surface area contributed by atoms with Crippen molar-refractivity contribution in [2.75, 3.05) is 5.32 Å². The Morgan fingerprint density at radius 2 is 1.91 bits per heavy atom. The molecule has 10 heteroatoms. The molecule has 1 saturated carbocycles. The zero-order chi connectivity index (χ0) is 21.7. The quantitative estimate of drug-likeness (QED) is 0.439. The van der Waals surface area contributed by atoms with Gasteiger partial charge in [-0.2, -0.15) is 5.10 Å². The van der Waals surface area contributed by atoms with Gasteiger partial charge in [0, 0.05) is 12.1 Å². The van der Waals surface area contributed by atoms with Crippen molar-refractivity contribution < 1.29 is 9.18 Å². The van der Waals surface area contributed by atoms with Crippen LogP contribution in [0, 0.1) is 11.7 Å². The highest BCUT2D eigenvalue weighted by atomic mass is 32.2. The molecule has 32 heavy (non-hydrogen) atoms. The first-order valence-electron chi connectivity index (χ1n) is 10.1. The SMILES string of the molecule is O=C(Nc1cn2nc(Sc3nnc4ccc(-c5cccc(F)c5)cn34)ccc2n1)C1CC1. The second-order valence-corrected chi connectivity index (χ2v) is 8.59. The molecule has 1 N–H and O–H groups in total. The topological polar surface area (TPSA) is 89.5 Å². The van der Waals surface area contributed by atoms with E-state index in [1.165, 1.54) is 23.9 Å². The monoisotopic (exact) mass is 445 g/mol. The Morgan fingerprint density at radius 3 is 2.75 bits per heavy atom. The molecule has 5 aromatic rings. The van der Waals surface area contributed by atoms with E-state index in [1.54, 1.807) is 16.8 Å². The lowest BCUT2D eigenvalue weighted by atomic mass is 10.1. The summed E-state index contributed by atoms with van der Waals surface area (Å²) in [7, 11) is 0. The number of carbonyl (C=O) groups excluding carboxylic acids is 1. The number of hydrogen-bond acceptors (Lipinski definition) is 6. The van der Waals surface area contributed by atoms with Crippen LogP contribution in [0.4, 0.5) is 10.2 Å². The highest BCUT2D eigenvalue weighted by Gasteiger charge is 2.30. The van der Waals surface area contributed by atoms with Gasteiger partial charge in [0.25, 0.3) is 0 Å². The van der Waals surface area contributed by atoms with E-state index in [2.05, 4.69) is 25.6 Å². The van der Waals surface area contributed by atoms with E-state index in [0.717, 1.165) is 24.0 Å². The minimum Gasteiger partial charge on any atom is -0.309 e. The number of nitrogens with one attached hydrogen (secondary N) is 1. The Labute approximate surface area is 185 Å². The lowest BCUT2D eigenvalue weighted by Gasteiger charge is -2.04. The van der Waals surface area contributed by atoms with Gasteiger partial charge < -0.3 is 5.32 Å². The lowest BCUT2D eigenvalue weighted by Crippen LogP contribution is -2.13. The number of halogens is 1. The maximum Gasteiger partial charge on any atom is 0.228 e. The van der Waals surface area contributed by atoms with Crippen LogP contribution in [0.3, 0.4) is 0 Å². The van der Waals surface area contributed by atoms with Gasteiger partial charge >= 0.3 is 0 Å². The van der Waals surface area contributed by atoms with Crippen LogP contribution in [0.2, 0.25) is 0 Å². The first-order valence-corrected chi connectivity index (χ1v) is 10.9. The van der Waals surface area contributed by atoms with Crippen molar-refractivity contribution in [3.63, 3.8) is 0 Å². The van der Waals surface area contributed by atoms with Gasteiger partial charge in [0.15, 0.2) is 17.1 Å². The maximum absolute atomic E-state index is 13.6. The molecule has 0 saturated heterocycles. The number of anilines is 1. The molecule has 0 atom stereocenters. The number of fused-ring (bicyclic) bond motifs is 2. The van der Waals surface area contributed by atoms with Crippen molar-refractivity contribution in [3.05, 3.63) is 66.7 Å². The lowest BCUT2D eigenvalue weighted by molar-refractivity contribution is -0.117. The van der Waals surface area contributed by atoms with Crippen molar-refractivity contribution >= 4 is 34.8 Å². The van der Waals surface area contributed by atoms with Gasteiger partial charge in [-0.15, -0.1) is 10.2 Å². The Balaban J connectivity index is 1.29. The summed E-state index contributed by atoms with van der Waals surface area (Å²) in [6.45, 7) is 0. The number of amides is 1. The fourth-order valence-electron chi connectivity index (χ4n) is 3.42. The minimum absolute atomic E-state index is 0.00651. The molecule has 158 valence electrons. The third-order valence-electron chi connectivity index (χ3n) is 5.22. The molecular formula is C22H16FN7OS. The van der Waals surface area contributed by atoms with E-state index in [4.69, 9.17) is 0 Å². The molecule has 8 nitrogen and oxygen atoms in total. The molecular weight excluding hydrogens is 429 g/mol. The smallest absolute Gasteiger partial charge is 0.228 e. The van der Waals surface area contributed by atoms with Crippen LogP contribution in [-0.4, -0.2) is 35.1 Å². The molecule has 0 bridgehead atoms. The first kappa shape index (κ1) is 18.9. The van der Waals surface area contributed by atoms with Gasteiger partial charge in [-0.1, -0.05) is 12.1 Å². The summed E-state index contributed by atoms with van der Waals surface area (Å²) in [6, 6.07) is 13.9.